The summed E-state index contributed by atoms with van der Waals surface area (Å²) in [7, 11) is 0. The summed E-state index contributed by atoms with van der Waals surface area (Å²) in [6, 6.07) is 12.5. The van der Waals surface area contributed by atoms with E-state index < -0.39 is 11.7 Å². The summed E-state index contributed by atoms with van der Waals surface area (Å²) < 4.78 is 43.6. The van der Waals surface area contributed by atoms with E-state index in [2.05, 4.69) is 5.32 Å². The molecule has 1 amide bonds. The number of carbonyl (C=O) groups excluding carboxylic acids is 1. The maximum atomic E-state index is 12.7. The lowest BCUT2D eigenvalue weighted by Gasteiger charge is -2.24. The third kappa shape index (κ3) is 3.69. The lowest BCUT2D eigenvalue weighted by molar-refractivity contribution is -0.137. The Morgan fingerprint density at radius 2 is 1.96 bits per heavy atom. The molecule has 1 N–H and O–H groups in total. The largest absolute Gasteiger partial charge is 0.492 e. The van der Waals surface area contributed by atoms with Crippen LogP contribution in [0.1, 0.15) is 16.7 Å². The van der Waals surface area contributed by atoms with E-state index in [1.54, 1.807) is 6.07 Å². The summed E-state index contributed by atoms with van der Waals surface area (Å²) >= 11 is 0. The Kier molecular flexibility index (Phi) is 4.46. The zero-order chi connectivity index (χ0) is 17.2. The fourth-order valence-corrected chi connectivity index (χ4v) is 2.69. The number of fused-ring (bicyclic) bond motifs is 1. The van der Waals surface area contributed by atoms with Crippen LogP contribution in [0.25, 0.3) is 0 Å². The van der Waals surface area contributed by atoms with Gasteiger partial charge in [0.15, 0.2) is 0 Å². The van der Waals surface area contributed by atoms with E-state index in [0.29, 0.717) is 12.0 Å². The van der Waals surface area contributed by atoms with Crippen molar-refractivity contribution in [2.45, 2.75) is 19.1 Å². The maximum Gasteiger partial charge on any atom is 0.416 e. The molecule has 0 radical (unpaired) electrons. The predicted molar refractivity (Wildman–Crippen MR) is 82.4 cm³/mol. The zero-order valence-corrected chi connectivity index (χ0v) is 12.8. The molecule has 3 rings (SSSR count). The summed E-state index contributed by atoms with van der Waals surface area (Å²) in [5.41, 5.74) is 0.655. The number of amides is 1. The number of hydrogen-bond acceptors (Lipinski definition) is 2. The number of para-hydroxylation sites is 1. The molecule has 1 atom stereocenters. The van der Waals surface area contributed by atoms with Gasteiger partial charge in [0.2, 0.25) is 5.91 Å². The lowest BCUT2D eigenvalue weighted by Crippen LogP contribution is -2.37. The van der Waals surface area contributed by atoms with Crippen LogP contribution in [0.4, 0.5) is 13.2 Å². The monoisotopic (exact) mass is 335 g/mol. The van der Waals surface area contributed by atoms with Crippen LogP contribution < -0.4 is 10.1 Å². The molecule has 0 fully saturated rings. The Labute approximate surface area is 137 Å². The number of benzene rings is 2. The molecule has 0 unspecified atom stereocenters. The van der Waals surface area contributed by atoms with Gasteiger partial charge in [-0.2, -0.15) is 13.2 Å². The minimum Gasteiger partial charge on any atom is -0.492 e. The first-order valence-corrected chi connectivity index (χ1v) is 7.58. The topological polar surface area (TPSA) is 38.3 Å². The highest BCUT2D eigenvalue weighted by Crippen LogP contribution is 2.30. The van der Waals surface area contributed by atoms with E-state index >= 15 is 0 Å². The fraction of sp³-hybridized carbons (Fsp3) is 0.278. The molecule has 3 nitrogen and oxygen atoms in total. The Balaban J connectivity index is 1.61. The molecule has 24 heavy (non-hydrogen) atoms. The van der Waals surface area contributed by atoms with Crippen LogP contribution in [-0.4, -0.2) is 12.5 Å². The van der Waals surface area contributed by atoms with Crippen LogP contribution >= 0.6 is 0 Å². The standard InChI is InChI=1S/C18H16F3NO2/c19-18(20,21)15-6-3-4-12(8-15)10-22-17(23)14-9-13-5-1-2-7-16(13)24-11-14/h1-8,14H,9-11H2,(H,22,23)/t14-/m1/s1. The zero-order valence-electron chi connectivity index (χ0n) is 12.8. The maximum absolute atomic E-state index is 12.7. The van der Waals surface area contributed by atoms with Crippen LogP contribution in [0.5, 0.6) is 5.75 Å². The first-order chi connectivity index (χ1) is 11.4. The molecule has 0 aliphatic carbocycles. The Bertz CT molecular complexity index is 743. The number of ether oxygens (including phenoxy) is 1. The van der Waals surface area contributed by atoms with Gasteiger partial charge in [-0.1, -0.05) is 30.3 Å². The minimum absolute atomic E-state index is 0.0564. The van der Waals surface area contributed by atoms with E-state index in [1.165, 1.54) is 6.07 Å². The molecule has 1 aliphatic heterocycles. The van der Waals surface area contributed by atoms with E-state index in [4.69, 9.17) is 4.74 Å². The molecule has 1 aliphatic rings. The Hall–Kier alpha value is -2.50. The average Bonchev–Trinajstić information content (AvgIpc) is 2.59. The highest BCUT2D eigenvalue weighted by Gasteiger charge is 2.30. The minimum atomic E-state index is -4.39. The number of alkyl halides is 3. The highest BCUT2D eigenvalue weighted by atomic mass is 19.4. The van der Waals surface area contributed by atoms with E-state index in [9.17, 15) is 18.0 Å². The molecule has 126 valence electrons. The SMILES string of the molecule is O=C(NCc1cccc(C(F)(F)F)c1)[C@H]1COc2ccccc2C1. The van der Waals surface area contributed by atoms with Crippen molar-refractivity contribution in [1.29, 1.82) is 0 Å². The van der Waals surface area contributed by atoms with Crippen LogP contribution in [0, 0.1) is 5.92 Å². The van der Waals surface area contributed by atoms with Crippen molar-refractivity contribution in [2.24, 2.45) is 5.92 Å². The molecule has 0 bridgehead atoms. The molecule has 0 saturated heterocycles. The second-order valence-electron chi connectivity index (χ2n) is 5.74. The second-order valence-corrected chi connectivity index (χ2v) is 5.74. The third-order valence-electron chi connectivity index (χ3n) is 3.97. The van der Waals surface area contributed by atoms with Gasteiger partial charge in [0.05, 0.1) is 11.5 Å². The molecule has 0 spiro atoms. The average molecular weight is 335 g/mol. The van der Waals surface area contributed by atoms with Crippen molar-refractivity contribution in [3.05, 3.63) is 65.2 Å². The molecule has 0 aromatic heterocycles. The van der Waals surface area contributed by atoms with Crippen molar-refractivity contribution in [3.8, 4) is 5.75 Å². The van der Waals surface area contributed by atoms with Crippen LogP contribution in [-0.2, 0) is 23.9 Å². The summed E-state index contributed by atoms with van der Waals surface area (Å²) in [5, 5.41) is 2.69. The first-order valence-electron chi connectivity index (χ1n) is 7.58. The third-order valence-corrected chi connectivity index (χ3v) is 3.97. The number of rotatable bonds is 3. The summed E-state index contributed by atoms with van der Waals surface area (Å²) in [5.74, 6) is 0.215. The molecule has 2 aromatic rings. The highest BCUT2D eigenvalue weighted by molar-refractivity contribution is 5.79. The van der Waals surface area contributed by atoms with Gasteiger partial charge in [-0.05, 0) is 35.7 Å². The van der Waals surface area contributed by atoms with Gasteiger partial charge in [0.1, 0.15) is 12.4 Å². The Morgan fingerprint density at radius 3 is 2.75 bits per heavy atom. The molecule has 6 heteroatoms. The summed E-state index contributed by atoms with van der Waals surface area (Å²) in [6.07, 6.45) is -3.83. The van der Waals surface area contributed by atoms with Gasteiger partial charge in [0.25, 0.3) is 0 Å². The predicted octanol–water partition coefficient (Wildman–Crippen LogP) is 3.57. The number of nitrogens with one attached hydrogen (secondary N) is 1. The normalized spacial score (nSPS) is 16.9. The van der Waals surface area contributed by atoms with Crippen molar-refractivity contribution < 1.29 is 22.7 Å². The van der Waals surface area contributed by atoms with Gasteiger partial charge in [-0.3, -0.25) is 4.79 Å². The first kappa shape index (κ1) is 16.4. The van der Waals surface area contributed by atoms with Crippen LogP contribution in [0.15, 0.2) is 48.5 Å². The summed E-state index contributed by atoms with van der Waals surface area (Å²) in [6.45, 7) is 0.326. The Morgan fingerprint density at radius 1 is 1.17 bits per heavy atom. The second kappa shape index (κ2) is 6.55. The van der Waals surface area contributed by atoms with Gasteiger partial charge in [-0.15, -0.1) is 0 Å². The molecule has 1 heterocycles. The smallest absolute Gasteiger partial charge is 0.416 e. The molecular weight excluding hydrogens is 319 g/mol. The van der Waals surface area contributed by atoms with Gasteiger partial charge < -0.3 is 10.1 Å². The fourth-order valence-electron chi connectivity index (χ4n) is 2.69. The summed E-state index contributed by atoms with van der Waals surface area (Å²) in [4.78, 5) is 12.2. The lowest BCUT2D eigenvalue weighted by atomic mass is 9.96. The molecule has 2 aromatic carbocycles. The molecule has 0 saturated carbocycles. The number of hydrogen-bond donors (Lipinski definition) is 1. The van der Waals surface area contributed by atoms with Gasteiger partial charge in [0, 0.05) is 6.54 Å². The van der Waals surface area contributed by atoms with Gasteiger partial charge in [-0.25, -0.2) is 0 Å². The van der Waals surface area contributed by atoms with E-state index in [1.807, 2.05) is 24.3 Å². The van der Waals surface area contributed by atoms with Crippen LogP contribution in [0.3, 0.4) is 0 Å². The van der Waals surface area contributed by atoms with Crippen LogP contribution in [0.2, 0.25) is 0 Å². The van der Waals surface area contributed by atoms with Crippen molar-refractivity contribution in [2.75, 3.05) is 6.61 Å². The number of halogens is 3. The van der Waals surface area contributed by atoms with Crippen molar-refractivity contribution >= 4 is 5.91 Å². The van der Waals surface area contributed by atoms with Crippen molar-refractivity contribution in [1.82, 2.24) is 5.32 Å². The van der Waals surface area contributed by atoms with Crippen molar-refractivity contribution in [3.63, 3.8) is 0 Å². The number of carbonyl (C=O) groups is 1. The van der Waals surface area contributed by atoms with E-state index in [-0.39, 0.29) is 25.0 Å². The van der Waals surface area contributed by atoms with E-state index in [0.717, 1.165) is 23.4 Å². The molecular formula is C18H16F3NO2. The quantitative estimate of drug-likeness (QED) is 0.931. The van der Waals surface area contributed by atoms with Gasteiger partial charge >= 0.3 is 6.18 Å².